The quantitative estimate of drug-likeness (QED) is 0.465. The summed E-state index contributed by atoms with van der Waals surface area (Å²) >= 11 is 0. The molecule has 0 amide bonds. The van der Waals surface area contributed by atoms with E-state index < -0.39 is 17.0 Å². The zero-order valence-electron chi connectivity index (χ0n) is 11.7. The summed E-state index contributed by atoms with van der Waals surface area (Å²) in [6.07, 6.45) is -1.14. The van der Waals surface area contributed by atoms with Gasteiger partial charge < -0.3 is 18.9 Å². The molecule has 1 aromatic rings. The highest BCUT2D eigenvalue weighted by atomic mass is 16.6. The van der Waals surface area contributed by atoms with Crippen molar-refractivity contribution in [2.75, 3.05) is 26.4 Å². The molecule has 0 aliphatic carbocycles. The van der Waals surface area contributed by atoms with Gasteiger partial charge in [-0.2, -0.15) is 0 Å². The van der Waals surface area contributed by atoms with Gasteiger partial charge in [-0.3, -0.25) is 10.1 Å². The van der Waals surface area contributed by atoms with Gasteiger partial charge >= 0.3 is 5.97 Å². The van der Waals surface area contributed by atoms with E-state index in [-0.39, 0.29) is 30.1 Å². The molecule has 0 saturated carbocycles. The second-order valence-corrected chi connectivity index (χ2v) is 5.03. The molecule has 0 radical (unpaired) electrons. The molecule has 1 aromatic carbocycles. The van der Waals surface area contributed by atoms with Crippen molar-refractivity contribution in [3.63, 3.8) is 0 Å². The summed E-state index contributed by atoms with van der Waals surface area (Å²) in [7, 11) is 0. The van der Waals surface area contributed by atoms with Crippen LogP contribution in [0, 0.1) is 10.1 Å². The third-order valence-electron chi connectivity index (χ3n) is 3.59. The van der Waals surface area contributed by atoms with Crippen LogP contribution in [0.25, 0.3) is 0 Å². The Hall–Kier alpha value is -2.03. The van der Waals surface area contributed by atoms with Crippen molar-refractivity contribution in [2.45, 2.75) is 18.3 Å². The second kappa shape index (κ2) is 6.39. The highest BCUT2D eigenvalue weighted by molar-refractivity contribution is 5.89. The predicted octanol–water partition coefficient (Wildman–Crippen LogP) is 0.934. The van der Waals surface area contributed by atoms with Gasteiger partial charge in [-0.15, -0.1) is 0 Å². The number of hydrogen-bond acceptors (Lipinski definition) is 7. The number of carbonyl (C=O) groups excluding carboxylic acids is 1. The minimum absolute atomic E-state index is 0.0818. The number of esters is 1. The Bertz CT molecular complexity index is 557. The zero-order valence-corrected chi connectivity index (χ0v) is 11.7. The van der Waals surface area contributed by atoms with E-state index in [1.807, 2.05) is 0 Å². The monoisotopic (exact) mass is 309 g/mol. The Kier molecular flexibility index (Phi) is 4.32. The van der Waals surface area contributed by atoms with E-state index in [2.05, 4.69) is 0 Å². The average molecular weight is 309 g/mol. The maximum atomic E-state index is 12.1. The first-order valence-corrected chi connectivity index (χ1v) is 6.91. The minimum Gasteiger partial charge on any atom is -0.453 e. The van der Waals surface area contributed by atoms with Crippen LogP contribution in [0.15, 0.2) is 24.3 Å². The van der Waals surface area contributed by atoms with Crippen LogP contribution in [0.2, 0.25) is 0 Å². The highest BCUT2D eigenvalue weighted by Crippen LogP contribution is 2.22. The van der Waals surface area contributed by atoms with Gasteiger partial charge in [0.25, 0.3) is 5.69 Å². The number of nitro groups is 1. The molecule has 2 heterocycles. The number of nitro benzene ring substituents is 1. The van der Waals surface area contributed by atoms with Crippen LogP contribution in [0.3, 0.4) is 0 Å². The number of non-ortho nitro benzene ring substituents is 1. The van der Waals surface area contributed by atoms with Crippen molar-refractivity contribution in [1.82, 2.24) is 0 Å². The zero-order chi connectivity index (χ0) is 15.5. The first-order valence-electron chi connectivity index (χ1n) is 6.91. The summed E-state index contributed by atoms with van der Waals surface area (Å²) in [5, 5.41) is 10.6. The number of hydrogen-bond donors (Lipinski definition) is 0. The minimum atomic E-state index is -0.571. The van der Waals surface area contributed by atoms with Crippen molar-refractivity contribution in [1.29, 1.82) is 0 Å². The van der Waals surface area contributed by atoms with Crippen molar-refractivity contribution < 1.29 is 28.7 Å². The van der Waals surface area contributed by atoms with E-state index >= 15 is 0 Å². The van der Waals surface area contributed by atoms with Crippen molar-refractivity contribution in [3.05, 3.63) is 39.9 Å². The summed E-state index contributed by atoms with van der Waals surface area (Å²) in [4.78, 5) is 22.2. The normalized spacial score (nSPS) is 27.7. The van der Waals surface area contributed by atoms with Gasteiger partial charge in [-0.25, -0.2) is 4.79 Å². The molecular weight excluding hydrogens is 294 g/mol. The fourth-order valence-electron chi connectivity index (χ4n) is 2.50. The molecule has 3 rings (SSSR count). The lowest BCUT2D eigenvalue weighted by Crippen LogP contribution is -2.55. The van der Waals surface area contributed by atoms with Gasteiger partial charge in [-0.1, -0.05) is 0 Å². The Balaban J connectivity index is 1.66. The molecule has 2 fully saturated rings. The molecule has 0 N–H and O–H groups in total. The number of benzene rings is 1. The van der Waals surface area contributed by atoms with Crippen LogP contribution in [0.4, 0.5) is 5.69 Å². The lowest BCUT2D eigenvalue weighted by molar-refractivity contribution is -0.384. The van der Waals surface area contributed by atoms with Crippen LogP contribution in [-0.4, -0.2) is 55.6 Å². The molecule has 0 spiro atoms. The SMILES string of the molecule is O=C(OC1COCC2OCCOC21)c1ccc([N+](=O)[O-])cc1. The molecule has 118 valence electrons. The molecule has 22 heavy (non-hydrogen) atoms. The fraction of sp³-hybridized carbons (Fsp3) is 0.500. The summed E-state index contributed by atoms with van der Waals surface area (Å²) < 4.78 is 21.9. The molecule has 8 heteroatoms. The van der Waals surface area contributed by atoms with E-state index in [0.717, 1.165) is 0 Å². The van der Waals surface area contributed by atoms with Gasteiger partial charge in [0, 0.05) is 12.1 Å². The number of fused-ring (bicyclic) bond motifs is 1. The molecule has 2 aliphatic rings. The van der Waals surface area contributed by atoms with Crippen molar-refractivity contribution in [2.24, 2.45) is 0 Å². The van der Waals surface area contributed by atoms with Crippen LogP contribution in [0.1, 0.15) is 10.4 Å². The molecule has 0 bridgehead atoms. The molecule has 2 saturated heterocycles. The Morgan fingerprint density at radius 2 is 1.91 bits per heavy atom. The molecular formula is C14H15NO7. The van der Waals surface area contributed by atoms with E-state index in [1.54, 1.807) is 0 Å². The fourth-order valence-corrected chi connectivity index (χ4v) is 2.50. The molecule has 3 unspecified atom stereocenters. The van der Waals surface area contributed by atoms with Gasteiger partial charge in [0.15, 0.2) is 6.10 Å². The summed E-state index contributed by atoms with van der Waals surface area (Å²) in [6.45, 7) is 1.60. The maximum absolute atomic E-state index is 12.1. The standard InChI is InChI=1S/C14H15NO7/c16-14(9-1-3-10(4-2-9)15(17)18)22-12-8-19-7-11-13(12)21-6-5-20-11/h1-4,11-13H,5-8H2. The summed E-state index contributed by atoms with van der Waals surface area (Å²) in [5.41, 5.74) is 0.158. The van der Waals surface area contributed by atoms with Gasteiger partial charge in [0.05, 0.1) is 36.9 Å². The largest absolute Gasteiger partial charge is 0.453 e. The van der Waals surface area contributed by atoms with Crippen LogP contribution >= 0.6 is 0 Å². The number of nitrogens with zero attached hydrogens (tertiary/aromatic N) is 1. The van der Waals surface area contributed by atoms with E-state index in [1.165, 1.54) is 24.3 Å². The second-order valence-electron chi connectivity index (χ2n) is 5.03. The molecule has 3 atom stereocenters. The first kappa shape index (κ1) is 14.9. The van der Waals surface area contributed by atoms with Crippen molar-refractivity contribution in [3.8, 4) is 0 Å². The Morgan fingerprint density at radius 1 is 1.18 bits per heavy atom. The van der Waals surface area contributed by atoms with Gasteiger partial charge in [-0.05, 0) is 12.1 Å². The third-order valence-corrected chi connectivity index (χ3v) is 3.59. The van der Waals surface area contributed by atoms with Gasteiger partial charge in [0.1, 0.15) is 12.2 Å². The number of rotatable bonds is 3. The number of ether oxygens (including phenoxy) is 4. The van der Waals surface area contributed by atoms with E-state index in [9.17, 15) is 14.9 Å². The Morgan fingerprint density at radius 3 is 2.64 bits per heavy atom. The topological polar surface area (TPSA) is 97.1 Å². The first-order chi connectivity index (χ1) is 10.6. The summed E-state index contributed by atoms with van der Waals surface area (Å²) in [5.74, 6) is -0.571. The smallest absolute Gasteiger partial charge is 0.338 e. The number of carbonyl (C=O) groups is 1. The van der Waals surface area contributed by atoms with Crippen molar-refractivity contribution >= 4 is 11.7 Å². The molecule has 8 nitrogen and oxygen atoms in total. The average Bonchev–Trinajstić information content (AvgIpc) is 2.55. The van der Waals surface area contributed by atoms with E-state index in [0.29, 0.717) is 19.8 Å². The maximum Gasteiger partial charge on any atom is 0.338 e. The molecule has 2 aliphatic heterocycles. The highest BCUT2D eigenvalue weighted by Gasteiger charge is 2.40. The lowest BCUT2D eigenvalue weighted by atomic mass is 10.1. The predicted molar refractivity (Wildman–Crippen MR) is 72.6 cm³/mol. The van der Waals surface area contributed by atoms with Crippen LogP contribution < -0.4 is 0 Å². The van der Waals surface area contributed by atoms with E-state index in [4.69, 9.17) is 18.9 Å². The van der Waals surface area contributed by atoms with Crippen LogP contribution in [-0.2, 0) is 18.9 Å². The Labute approximate surface area is 126 Å². The summed E-state index contributed by atoms with van der Waals surface area (Å²) in [6, 6.07) is 5.24. The van der Waals surface area contributed by atoms with Gasteiger partial charge in [0.2, 0.25) is 0 Å². The lowest BCUT2D eigenvalue weighted by Gasteiger charge is -2.39. The van der Waals surface area contributed by atoms with Crippen LogP contribution in [0.5, 0.6) is 0 Å². The third kappa shape index (κ3) is 3.08. The molecule has 0 aromatic heterocycles.